The fourth-order valence-electron chi connectivity index (χ4n) is 4.41. The number of nitrogens with zero attached hydrogens (tertiary/aromatic N) is 4. The van der Waals surface area contributed by atoms with E-state index in [9.17, 15) is 5.26 Å². The quantitative estimate of drug-likeness (QED) is 0.508. The molecule has 0 spiro atoms. The van der Waals surface area contributed by atoms with Gasteiger partial charge in [-0.1, -0.05) is 11.2 Å². The van der Waals surface area contributed by atoms with Crippen molar-refractivity contribution in [1.29, 1.82) is 5.26 Å². The molecule has 30 heavy (non-hydrogen) atoms. The van der Waals surface area contributed by atoms with Gasteiger partial charge < -0.3 is 14.4 Å². The maximum Gasteiger partial charge on any atom is 0.203 e. The number of aromatic amines is 1. The Morgan fingerprint density at radius 3 is 2.57 bits per heavy atom. The lowest BCUT2D eigenvalue weighted by atomic mass is 9.93. The van der Waals surface area contributed by atoms with Crippen LogP contribution >= 0.6 is 0 Å². The zero-order chi connectivity index (χ0) is 20.8. The highest BCUT2D eigenvalue weighted by atomic mass is 16.5. The van der Waals surface area contributed by atoms with E-state index in [1.165, 1.54) is 12.8 Å². The third kappa shape index (κ3) is 2.94. The smallest absolute Gasteiger partial charge is 0.203 e. The van der Waals surface area contributed by atoms with Crippen LogP contribution in [0.15, 0.2) is 34.9 Å². The first-order valence-corrected chi connectivity index (χ1v) is 10.3. The molecule has 0 aliphatic carbocycles. The van der Waals surface area contributed by atoms with Crippen LogP contribution in [0.4, 0.5) is 5.95 Å². The number of nitriles is 1. The monoisotopic (exact) mass is 397 g/mol. The first-order chi connectivity index (χ1) is 14.5. The summed E-state index contributed by atoms with van der Waals surface area (Å²) < 4.78 is 5.43. The lowest BCUT2D eigenvalue weighted by molar-refractivity contribution is 0.393. The van der Waals surface area contributed by atoms with Crippen molar-refractivity contribution < 1.29 is 4.52 Å². The molecule has 1 aliphatic heterocycles. The minimum absolute atomic E-state index is 0.641. The van der Waals surface area contributed by atoms with Gasteiger partial charge in [-0.2, -0.15) is 5.26 Å². The lowest BCUT2D eigenvalue weighted by Crippen LogP contribution is -2.18. The maximum absolute atomic E-state index is 9.44. The molecule has 2 aromatic carbocycles. The van der Waals surface area contributed by atoms with Crippen molar-refractivity contribution in [2.45, 2.75) is 33.6 Å². The number of nitrogens with one attached hydrogen (secondary N) is 1. The van der Waals surface area contributed by atoms with E-state index >= 15 is 0 Å². The van der Waals surface area contributed by atoms with Gasteiger partial charge in [0.1, 0.15) is 5.76 Å². The molecule has 0 unspecified atom stereocenters. The summed E-state index contributed by atoms with van der Waals surface area (Å²) in [7, 11) is 0. The van der Waals surface area contributed by atoms with E-state index in [2.05, 4.69) is 40.2 Å². The Hall–Kier alpha value is -3.59. The van der Waals surface area contributed by atoms with Gasteiger partial charge in [0.05, 0.1) is 28.4 Å². The van der Waals surface area contributed by atoms with Crippen LogP contribution in [-0.2, 0) is 0 Å². The van der Waals surface area contributed by atoms with Crippen LogP contribution in [-0.4, -0.2) is 28.2 Å². The van der Waals surface area contributed by atoms with Crippen molar-refractivity contribution in [2.24, 2.45) is 0 Å². The van der Waals surface area contributed by atoms with E-state index in [-0.39, 0.29) is 0 Å². The molecule has 2 aromatic heterocycles. The highest BCUT2D eigenvalue weighted by Gasteiger charge is 2.21. The van der Waals surface area contributed by atoms with Crippen LogP contribution in [0.3, 0.4) is 0 Å². The molecule has 0 atom stereocenters. The summed E-state index contributed by atoms with van der Waals surface area (Å²) in [4.78, 5) is 10.8. The third-order valence-corrected chi connectivity index (χ3v) is 5.96. The standard InChI is InChI=1S/C24H23N5O/c1-14-6-7-17(13-25)10-19(14)20-11-18(22-15(2)28-30-16(22)3)12-21-23(20)27-24(26-21)29-8-4-5-9-29/h6-7,10-12H,4-5,8-9H2,1-3H3,(H,26,27). The normalized spacial score (nSPS) is 13.9. The van der Waals surface area contributed by atoms with Crippen molar-refractivity contribution >= 4 is 17.0 Å². The van der Waals surface area contributed by atoms with Crippen molar-refractivity contribution in [2.75, 3.05) is 18.0 Å². The molecule has 4 aromatic rings. The molecule has 6 heteroatoms. The molecule has 1 aliphatic rings. The minimum atomic E-state index is 0.641. The third-order valence-electron chi connectivity index (χ3n) is 5.96. The second-order valence-corrected chi connectivity index (χ2v) is 8.02. The van der Waals surface area contributed by atoms with E-state index in [4.69, 9.17) is 9.51 Å². The molecule has 1 fully saturated rings. The van der Waals surface area contributed by atoms with Gasteiger partial charge in [0.25, 0.3) is 0 Å². The summed E-state index contributed by atoms with van der Waals surface area (Å²) in [5.74, 6) is 1.70. The molecule has 6 nitrogen and oxygen atoms in total. The minimum Gasteiger partial charge on any atom is -0.361 e. The molecule has 1 N–H and O–H groups in total. The Balaban J connectivity index is 1.80. The van der Waals surface area contributed by atoms with E-state index in [1.807, 2.05) is 32.0 Å². The summed E-state index contributed by atoms with van der Waals surface area (Å²) in [5.41, 5.74) is 8.58. The molecule has 0 radical (unpaired) electrons. The Morgan fingerprint density at radius 1 is 1.07 bits per heavy atom. The highest BCUT2D eigenvalue weighted by Crippen LogP contribution is 2.38. The number of aryl methyl sites for hydroxylation is 3. The fourth-order valence-corrected chi connectivity index (χ4v) is 4.41. The first-order valence-electron chi connectivity index (χ1n) is 10.3. The summed E-state index contributed by atoms with van der Waals surface area (Å²) in [6.07, 6.45) is 2.38. The van der Waals surface area contributed by atoms with Crippen molar-refractivity contribution in [3.05, 3.63) is 52.9 Å². The number of aromatic nitrogens is 3. The van der Waals surface area contributed by atoms with Gasteiger partial charge in [-0.3, -0.25) is 0 Å². The summed E-state index contributed by atoms with van der Waals surface area (Å²) >= 11 is 0. The van der Waals surface area contributed by atoms with E-state index in [1.54, 1.807) is 0 Å². The predicted molar refractivity (Wildman–Crippen MR) is 117 cm³/mol. The Bertz CT molecular complexity index is 1280. The van der Waals surface area contributed by atoms with Gasteiger partial charge in [0.15, 0.2) is 0 Å². The van der Waals surface area contributed by atoms with Gasteiger partial charge in [-0.25, -0.2) is 4.98 Å². The maximum atomic E-state index is 9.44. The Labute approximate surface area is 175 Å². The highest BCUT2D eigenvalue weighted by molar-refractivity contribution is 5.98. The van der Waals surface area contributed by atoms with Crippen LogP contribution < -0.4 is 4.90 Å². The molecule has 0 amide bonds. The predicted octanol–water partition coefficient (Wildman–Crippen LogP) is 5.28. The van der Waals surface area contributed by atoms with Gasteiger partial charge in [0.2, 0.25) is 5.95 Å². The number of hydrogen-bond donors (Lipinski definition) is 1. The van der Waals surface area contributed by atoms with Crippen LogP contribution in [0.1, 0.15) is 35.4 Å². The number of imidazole rings is 1. The molecule has 150 valence electrons. The molecule has 1 saturated heterocycles. The molecule has 0 bridgehead atoms. The van der Waals surface area contributed by atoms with Gasteiger partial charge in [-0.05, 0) is 74.6 Å². The second kappa shape index (κ2) is 7.03. The number of rotatable bonds is 3. The number of anilines is 1. The number of fused-ring (bicyclic) bond motifs is 1. The molecule has 0 saturated carbocycles. The first kappa shape index (κ1) is 18.4. The zero-order valence-corrected chi connectivity index (χ0v) is 17.4. The van der Waals surface area contributed by atoms with Crippen LogP contribution in [0, 0.1) is 32.1 Å². The second-order valence-electron chi connectivity index (χ2n) is 8.02. The van der Waals surface area contributed by atoms with E-state index < -0.39 is 0 Å². The molecule has 5 rings (SSSR count). The zero-order valence-electron chi connectivity index (χ0n) is 17.4. The van der Waals surface area contributed by atoms with E-state index in [0.29, 0.717) is 5.56 Å². The number of H-pyrrole nitrogens is 1. The van der Waals surface area contributed by atoms with Crippen molar-refractivity contribution in [3.8, 4) is 28.3 Å². The number of benzene rings is 2. The molecule has 3 heterocycles. The summed E-state index contributed by atoms with van der Waals surface area (Å²) in [6.45, 7) is 8.01. The Morgan fingerprint density at radius 2 is 1.87 bits per heavy atom. The molecular weight excluding hydrogens is 374 g/mol. The largest absolute Gasteiger partial charge is 0.361 e. The topological polar surface area (TPSA) is 81.7 Å². The van der Waals surface area contributed by atoms with Gasteiger partial charge >= 0.3 is 0 Å². The average molecular weight is 397 g/mol. The lowest BCUT2D eigenvalue weighted by Gasteiger charge is -2.12. The fraction of sp³-hybridized carbons (Fsp3) is 0.292. The van der Waals surface area contributed by atoms with Gasteiger partial charge in [-0.15, -0.1) is 0 Å². The van der Waals surface area contributed by atoms with Crippen molar-refractivity contribution in [1.82, 2.24) is 15.1 Å². The molecular formula is C24H23N5O. The van der Waals surface area contributed by atoms with Gasteiger partial charge in [0, 0.05) is 24.2 Å². The van der Waals surface area contributed by atoms with Crippen LogP contribution in [0.25, 0.3) is 33.3 Å². The SMILES string of the molecule is Cc1ccc(C#N)cc1-c1cc(-c2c(C)noc2C)cc2[nH]c(N3CCCC3)nc12. The summed E-state index contributed by atoms with van der Waals surface area (Å²) in [6, 6.07) is 12.3. The summed E-state index contributed by atoms with van der Waals surface area (Å²) in [5, 5.41) is 13.6. The number of hydrogen-bond acceptors (Lipinski definition) is 5. The van der Waals surface area contributed by atoms with Crippen LogP contribution in [0.5, 0.6) is 0 Å². The van der Waals surface area contributed by atoms with E-state index in [0.717, 1.165) is 69.3 Å². The average Bonchev–Trinajstić information content (AvgIpc) is 3.47. The van der Waals surface area contributed by atoms with Crippen molar-refractivity contribution in [3.63, 3.8) is 0 Å². The van der Waals surface area contributed by atoms with Crippen LogP contribution in [0.2, 0.25) is 0 Å². The Kier molecular flexibility index (Phi) is 4.32.